The second-order valence-electron chi connectivity index (χ2n) is 4.63. The van der Waals surface area contributed by atoms with Crippen molar-refractivity contribution in [3.63, 3.8) is 0 Å². The summed E-state index contributed by atoms with van der Waals surface area (Å²) in [6, 6.07) is 11.1. The van der Waals surface area contributed by atoms with Gasteiger partial charge in [0.15, 0.2) is 0 Å². The third kappa shape index (κ3) is 2.80. The van der Waals surface area contributed by atoms with Crippen molar-refractivity contribution in [2.75, 3.05) is 19.6 Å². The van der Waals surface area contributed by atoms with Crippen LogP contribution in [0.1, 0.15) is 24.8 Å². The minimum atomic E-state index is 0.291. The summed E-state index contributed by atoms with van der Waals surface area (Å²) in [5.41, 5.74) is 7.29. The van der Waals surface area contributed by atoms with Gasteiger partial charge in [-0.15, -0.1) is 0 Å². The lowest BCUT2D eigenvalue weighted by Crippen LogP contribution is -2.33. The van der Waals surface area contributed by atoms with Crippen LogP contribution in [0, 0.1) is 0 Å². The van der Waals surface area contributed by atoms with Gasteiger partial charge < -0.3 is 10.6 Å². The summed E-state index contributed by atoms with van der Waals surface area (Å²) in [5.74, 6) is 0.713. The second-order valence-corrected chi connectivity index (χ2v) is 4.63. The van der Waals surface area contributed by atoms with Gasteiger partial charge >= 0.3 is 0 Å². The Hall–Kier alpha value is -0.860. The largest absolute Gasteiger partial charge is 0.327 e. The highest BCUT2D eigenvalue weighted by Crippen LogP contribution is 2.26. The average molecular weight is 204 g/mol. The number of benzene rings is 1. The summed E-state index contributed by atoms with van der Waals surface area (Å²) in [6.45, 7) is 5.48. The summed E-state index contributed by atoms with van der Waals surface area (Å²) >= 11 is 0. The zero-order valence-corrected chi connectivity index (χ0v) is 9.39. The minimum Gasteiger partial charge on any atom is -0.327 e. The molecule has 2 heteroatoms. The molecule has 1 unspecified atom stereocenters. The maximum atomic E-state index is 5.81. The predicted molar refractivity (Wildman–Crippen MR) is 63.9 cm³/mol. The highest BCUT2D eigenvalue weighted by atomic mass is 15.2. The second kappa shape index (κ2) is 4.77. The first-order valence-corrected chi connectivity index (χ1v) is 5.78. The molecule has 2 atom stereocenters. The number of likely N-dealkylation sites (tertiary alicyclic amines) is 1. The fourth-order valence-corrected chi connectivity index (χ4v) is 2.40. The van der Waals surface area contributed by atoms with E-state index in [2.05, 4.69) is 42.2 Å². The smallest absolute Gasteiger partial charge is 0.0139 e. The molecule has 0 radical (unpaired) electrons. The molecule has 15 heavy (non-hydrogen) atoms. The van der Waals surface area contributed by atoms with E-state index in [0.717, 1.165) is 6.54 Å². The molecule has 1 saturated heterocycles. The highest BCUT2D eigenvalue weighted by Gasteiger charge is 2.23. The van der Waals surface area contributed by atoms with Crippen molar-refractivity contribution in [2.45, 2.75) is 25.3 Å². The molecule has 0 spiro atoms. The Bertz CT molecular complexity index is 295. The number of nitrogens with zero attached hydrogens (tertiary/aromatic N) is 1. The van der Waals surface area contributed by atoms with Crippen molar-refractivity contribution >= 4 is 0 Å². The molecule has 0 bridgehead atoms. The minimum absolute atomic E-state index is 0.291. The van der Waals surface area contributed by atoms with Gasteiger partial charge in [-0.05, 0) is 31.4 Å². The van der Waals surface area contributed by atoms with Crippen LogP contribution in [0.4, 0.5) is 0 Å². The molecular formula is C13H20N2. The molecule has 2 N–H and O–H groups in total. The summed E-state index contributed by atoms with van der Waals surface area (Å²) in [4.78, 5) is 2.47. The van der Waals surface area contributed by atoms with Crippen LogP contribution in [0.2, 0.25) is 0 Å². The maximum absolute atomic E-state index is 5.81. The first-order valence-electron chi connectivity index (χ1n) is 5.78. The van der Waals surface area contributed by atoms with Gasteiger partial charge in [-0.25, -0.2) is 0 Å². The van der Waals surface area contributed by atoms with Crippen LogP contribution in [0.25, 0.3) is 0 Å². The summed E-state index contributed by atoms with van der Waals surface area (Å²) in [7, 11) is 0. The van der Waals surface area contributed by atoms with Crippen LogP contribution in [0.3, 0.4) is 0 Å². The molecule has 0 aromatic heterocycles. The molecule has 1 aliphatic heterocycles. The van der Waals surface area contributed by atoms with Gasteiger partial charge in [0.05, 0.1) is 0 Å². The fourth-order valence-electron chi connectivity index (χ4n) is 2.40. The Balaban J connectivity index is 1.93. The van der Waals surface area contributed by atoms with Crippen molar-refractivity contribution in [1.29, 1.82) is 0 Å². The number of hydrogen-bond donors (Lipinski definition) is 1. The average Bonchev–Trinajstić information content (AvgIpc) is 2.67. The van der Waals surface area contributed by atoms with Crippen LogP contribution in [0.15, 0.2) is 30.3 Å². The maximum Gasteiger partial charge on any atom is 0.0139 e. The molecule has 1 aromatic carbocycles. The van der Waals surface area contributed by atoms with Gasteiger partial charge in [0.2, 0.25) is 0 Å². The quantitative estimate of drug-likeness (QED) is 0.814. The van der Waals surface area contributed by atoms with Gasteiger partial charge in [-0.3, -0.25) is 0 Å². The third-order valence-corrected chi connectivity index (χ3v) is 3.09. The van der Waals surface area contributed by atoms with E-state index in [1.165, 1.54) is 25.1 Å². The monoisotopic (exact) mass is 204 g/mol. The van der Waals surface area contributed by atoms with Crippen molar-refractivity contribution in [3.05, 3.63) is 35.9 Å². The molecule has 2 nitrogen and oxygen atoms in total. The first-order chi connectivity index (χ1) is 7.25. The molecule has 1 aromatic rings. The lowest BCUT2D eigenvalue weighted by Gasteiger charge is -2.18. The Morgan fingerprint density at radius 3 is 2.80 bits per heavy atom. The van der Waals surface area contributed by atoms with Crippen molar-refractivity contribution < 1.29 is 0 Å². The van der Waals surface area contributed by atoms with E-state index in [1.807, 2.05) is 0 Å². The van der Waals surface area contributed by atoms with E-state index in [4.69, 9.17) is 5.73 Å². The summed E-state index contributed by atoms with van der Waals surface area (Å²) < 4.78 is 0. The van der Waals surface area contributed by atoms with Crippen LogP contribution < -0.4 is 5.73 Å². The molecule has 82 valence electrons. The van der Waals surface area contributed by atoms with Crippen LogP contribution in [-0.2, 0) is 0 Å². The molecular weight excluding hydrogens is 184 g/mol. The standard InChI is InChI=1S/C13H20N2/c1-11(14)9-15-8-7-13(10-15)12-5-3-2-4-6-12/h2-6,11,13H,7-10,14H2,1H3/t11-,13?/m0/s1. The fraction of sp³-hybridized carbons (Fsp3) is 0.538. The summed E-state index contributed by atoms with van der Waals surface area (Å²) in [6.07, 6.45) is 1.27. The summed E-state index contributed by atoms with van der Waals surface area (Å²) in [5, 5.41) is 0. The Morgan fingerprint density at radius 2 is 2.13 bits per heavy atom. The molecule has 1 aliphatic rings. The van der Waals surface area contributed by atoms with Crippen molar-refractivity contribution in [3.8, 4) is 0 Å². The van der Waals surface area contributed by atoms with Gasteiger partial charge in [0.1, 0.15) is 0 Å². The zero-order valence-electron chi connectivity index (χ0n) is 9.39. The molecule has 1 fully saturated rings. The van der Waals surface area contributed by atoms with Gasteiger partial charge in [-0.2, -0.15) is 0 Å². The van der Waals surface area contributed by atoms with Crippen molar-refractivity contribution in [1.82, 2.24) is 4.90 Å². The van der Waals surface area contributed by atoms with Crippen LogP contribution >= 0.6 is 0 Å². The van der Waals surface area contributed by atoms with Gasteiger partial charge in [0.25, 0.3) is 0 Å². The predicted octanol–water partition coefficient (Wildman–Crippen LogP) is 1.82. The van der Waals surface area contributed by atoms with E-state index in [9.17, 15) is 0 Å². The van der Waals surface area contributed by atoms with Crippen LogP contribution in [0.5, 0.6) is 0 Å². The van der Waals surface area contributed by atoms with Gasteiger partial charge in [0, 0.05) is 19.1 Å². The lowest BCUT2D eigenvalue weighted by atomic mass is 9.99. The topological polar surface area (TPSA) is 29.3 Å². The molecule has 2 rings (SSSR count). The molecule has 0 saturated carbocycles. The Morgan fingerprint density at radius 1 is 1.40 bits per heavy atom. The third-order valence-electron chi connectivity index (χ3n) is 3.09. The van der Waals surface area contributed by atoms with Crippen molar-refractivity contribution in [2.24, 2.45) is 5.73 Å². The first kappa shape index (κ1) is 10.7. The number of hydrogen-bond acceptors (Lipinski definition) is 2. The SMILES string of the molecule is C[C@H](N)CN1CCC(c2ccccc2)C1. The number of rotatable bonds is 3. The highest BCUT2D eigenvalue weighted by molar-refractivity contribution is 5.20. The van der Waals surface area contributed by atoms with E-state index in [0.29, 0.717) is 12.0 Å². The Labute approximate surface area is 92.1 Å². The molecule has 1 heterocycles. The van der Waals surface area contributed by atoms with Crippen LogP contribution in [-0.4, -0.2) is 30.6 Å². The van der Waals surface area contributed by atoms with E-state index in [-0.39, 0.29) is 0 Å². The van der Waals surface area contributed by atoms with Gasteiger partial charge in [-0.1, -0.05) is 30.3 Å². The van der Waals surface area contributed by atoms with E-state index >= 15 is 0 Å². The Kier molecular flexibility index (Phi) is 3.39. The molecule has 0 amide bonds. The number of nitrogens with two attached hydrogens (primary N) is 1. The molecule has 0 aliphatic carbocycles. The lowest BCUT2D eigenvalue weighted by molar-refractivity contribution is 0.317. The van der Waals surface area contributed by atoms with E-state index < -0.39 is 0 Å². The zero-order chi connectivity index (χ0) is 10.7. The normalized spacial score (nSPS) is 24.3. The van der Waals surface area contributed by atoms with E-state index in [1.54, 1.807) is 0 Å².